The van der Waals surface area contributed by atoms with E-state index in [0.29, 0.717) is 25.1 Å². The molecule has 2 atom stereocenters. The van der Waals surface area contributed by atoms with E-state index in [1.807, 2.05) is 42.5 Å². The highest BCUT2D eigenvalue weighted by molar-refractivity contribution is 5.82. The number of rotatable bonds is 8. The van der Waals surface area contributed by atoms with Crippen LogP contribution in [0.4, 0.5) is 0 Å². The molecule has 3 rings (SSSR count). The highest BCUT2D eigenvalue weighted by Gasteiger charge is 2.29. The summed E-state index contributed by atoms with van der Waals surface area (Å²) in [7, 11) is 0. The van der Waals surface area contributed by atoms with E-state index in [1.54, 1.807) is 6.20 Å². The minimum absolute atomic E-state index is 0.0218. The number of nitrogens with zero attached hydrogens (tertiary/aromatic N) is 1. The highest BCUT2D eigenvalue weighted by Crippen LogP contribution is 2.16. The molecule has 2 aromatic rings. The van der Waals surface area contributed by atoms with E-state index < -0.39 is 0 Å². The smallest absolute Gasteiger partial charge is 0.238 e. The van der Waals surface area contributed by atoms with Gasteiger partial charge in [-0.3, -0.25) is 15.2 Å². The van der Waals surface area contributed by atoms with Gasteiger partial charge >= 0.3 is 0 Å². The Morgan fingerprint density at radius 3 is 2.93 bits per heavy atom. The van der Waals surface area contributed by atoms with Crippen molar-refractivity contribution < 1.29 is 9.53 Å². The van der Waals surface area contributed by atoms with Crippen molar-refractivity contribution in [2.75, 3.05) is 0 Å². The minimum atomic E-state index is -0.183. The van der Waals surface area contributed by atoms with E-state index in [2.05, 4.69) is 35.0 Å². The molecule has 1 aliphatic rings. The summed E-state index contributed by atoms with van der Waals surface area (Å²) in [4.78, 5) is 16.6. The maximum atomic E-state index is 12.4. The second-order valence-corrected chi connectivity index (χ2v) is 7.38. The summed E-state index contributed by atoms with van der Waals surface area (Å²) in [6.45, 7) is 5.29. The molecule has 2 heterocycles. The van der Waals surface area contributed by atoms with Crippen molar-refractivity contribution in [2.45, 2.75) is 51.9 Å². The molecule has 0 spiro atoms. The van der Waals surface area contributed by atoms with E-state index in [1.165, 1.54) is 0 Å². The molecule has 6 nitrogen and oxygen atoms in total. The third kappa shape index (κ3) is 6.05. The summed E-state index contributed by atoms with van der Waals surface area (Å²) in [6.07, 6.45) is 3.63. The number of amides is 1. The molecule has 2 unspecified atom stereocenters. The summed E-state index contributed by atoms with van der Waals surface area (Å²) in [5.74, 6) is 1.40. The van der Waals surface area contributed by atoms with Gasteiger partial charge in [-0.2, -0.15) is 0 Å². The van der Waals surface area contributed by atoms with Gasteiger partial charge in [0.05, 0.1) is 5.69 Å². The molecule has 0 aliphatic carbocycles. The van der Waals surface area contributed by atoms with E-state index in [4.69, 9.17) is 4.74 Å². The van der Waals surface area contributed by atoms with Crippen LogP contribution in [0.3, 0.4) is 0 Å². The van der Waals surface area contributed by atoms with E-state index in [-0.39, 0.29) is 11.9 Å². The molecular formula is C21H28N4O2. The van der Waals surface area contributed by atoms with E-state index in [9.17, 15) is 4.79 Å². The Morgan fingerprint density at radius 2 is 2.15 bits per heavy atom. The summed E-state index contributed by atoms with van der Waals surface area (Å²) in [5.41, 5.74) is 8.21. The van der Waals surface area contributed by atoms with Crippen molar-refractivity contribution in [1.29, 1.82) is 0 Å². The molecule has 1 amide bonds. The van der Waals surface area contributed by atoms with Crippen LogP contribution in [-0.4, -0.2) is 23.0 Å². The summed E-state index contributed by atoms with van der Waals surface area (Å²) in [6, 6.07) is 13.7. The van der Waals surface area contributed by atoms with Crippen molar-refractivity contribution in [1.82, 2.24) is 21.2 Å². The van der Waals surface area contributed by atoms with Gasteiger partial charge in [0.1, 0.15) is 18.4 Å². The predicted octanol–water partition coefficient (Wildman–Crippen LogP) is 2.56. The molecule has 0 radical (unpaired) electrons. The molecule has 1 fully saturated rings. The van der Waals surface area contributed by atoms with Gasteiger partial charge in [0.25, 0.3) is 0 Å². The molecular weight excluding hydrogens is 340 g/mol. The average Bonchev–Trinajstić information content (AvgIpc) is 3.13. The second-order valence-electron chi connectivity index (χ2n) is 7.38. The van der Waals surface area contributed by atoms with Crippen LogP contribution in [0.25, 0.3) is 0 Å². The molecule has 144 valence electrons. The van der Waals surface area contributed by atoms with Gasteiger partial charge in [0.15, 0.2) is 0 Å². The standard InChI is InChI=1S/C21H28N4O2/c1-15(2)10-18-12-20(25-24-18)21(26)23-13-16-6-5-8-19(11-16)27-14-17-7-3-4-9-22-17/h3-9,11,15,18,20,24-25H,10,12-14H2,1-2H3,(H,23,26). The van der Waals surface area contributed by atoms with Crippen molar-refractivity contribution in [2.24, 2.45) is 5.92 Å². The van der Waals surface area contributed by atoms with Crippen molar-refractivity contribution in [3.63, 3.8) is 0 Å². The Kier molecular flexibility index (Phi) is 6.79. The lowest BCUT2D eigenvalue weighted by Gasteiger charge is -2.12. The number of carbonyl (C=O) groups excluding carboxylic acids is 1. The monoisotopic (exact) mass is 368 g/mol. The molecule has 1 aliphatic heterocycles. The van der Waals surface area contributed by atoms with E-state index in [0.717, 1.165) is 29.8 Å². The van der Waals surface area contributed by atoms with Crippen molar-refractivity contribution in [3.05, 3.63) is 59.9 Å². The fourth-order valence-corrected chi connectivity index (χ4v) is 3.22. The van der Waals surface area contributed by atoms with Gasteiger partial charge in [0.2, 0.25) is 5.91 Å². The first kappa shape index (κ1) is 19.3. The first-order valence-corrected chi connectivity index (χ1v) is 9.50. The lowest BCUT2D eigenvalue weighted by Crippen LogP contribution is -2.43. The number of benzene rings is 1. The number of aromatic nitrogens is 1. The number of pyridine rings is 1. The number of nitrogens with one attached hydrogen (secondary N) is 3. The summed E-state index contributed by atoms with van der Waals surface area (Å²) < 4.78 is 5.79. The predicted molar refractivity (Wildman–Crippen MR) is 105 cm³/mol. The van der Waals surface area contributed by atoms with Gasteiger partial charge in [-0.25, -0.2) is 5.43 Å². The molecule has 1 aromatic carbocycles. The Morgan fingerprint density at radius 1 is 1.26 bits per heavy atom. The zero-order chi connectivity index (χ0) is 19.1. The van der Waals surface area contributed by atoms with Crippen LogP contribution in [0.15, 0.2) is 48.7 Å². The maximum absolute atomic E-state index is 12.4. The second kappa shape index (κ2) is 9.48. The number of hydrogen-bond acceptors (Lipinski definition) is 5. The lowest BCUT2D eigenvalue weighted by molar-refractivity contribution is -0.123. The zero-order valence-corrected chi connectivity index (χ0v) is 15.9. The average molecular weight is 368 g/mol. The number of carbonyl (C=O) groups is 1. The van der Waals surface area contributed by atoms with Crippen LogP contribution in [0, 0.1) is 5.92 Å². The Bertz CT molecular complexity index is 736. The van der Waals surface area contributed by atoms with Gasteiger partial charge in [-0.1, -0.05) is 32.0 Å². The minimum Gasteiger partial charge on any atom is -0.487 e. The topological polar surface area (TPSA) is 75.3 Å². The molecule has 1 saturated heterocycles. The summed E-state index contributed by atoms with van der Waals surface area (Å²) >= 11 is 0. The lowest BCUT2D eigenvalue weighted by atomic mass is 10.00. The quantitative estimate of drug-likeness (QED) is 0.668. The maximum Gasteiger partial charge on any atom is 0.238 e. The van der Waals surface area contributed by atoms with Crippen LogP contribution >= 0.6 is 0 Å². The molecule has 0 saturated carbocycles. The van der Waals surface area contributed by atoms with Crippen molar-refractivity contribution in [3.8, 4) is 5.75 Å². The third-order valence-corrected chi connectivity index (χ3v) is 4.53. The van der Waals surface area contributed by atoms with Gasteiger partial charge in [-0.05, 0) is 48.6 Å². The van der Waals surface area contributed by atoms with Gasteiger partial charge < -0.3 is 10.1 Å². The van der Waals surface area contributed by atoms with Gasteiger partial charge in [-0.15, -0.1) is 0 Å². The van der Waals surface area contributed by atoms with E-state index >= 15 is 0 Å². The fourth-order valence-electron chi connectivity index (χ4n) is 3.22. The van der Waals surface area contributed by atoms with Crippen LogP contribution in [0.2, 0.25) is 0 Å². The Balaban J connectivity index is 1.46. The molecule has 6 heteroatoms. The number of hydrazine groups is 1. The Hall–Kier alpha value is -2.44. The summed E-state index contributed by atoms with van der Waals surface area (Å²) in [5, 5.41) is 3.01. The number of hydrogen-bond donors (Lipinski definition) is 3. The number of ether oxygens (including phenoxy) is 1. The molecule has 27 heavy (non-hydrogen) atoms. The normalized spacial score (nSPS) is 19.2. The zero-order valence-electron chi connectivity index (χ0n) is 15.9. The Labute approximate surface area is 160 Å². The molecule has 3 N–H and O–H groups in total. The molecule has 0 bridgehead atoms. The third-order valence-electron chi connectivity index (χ3n) is 4.53. The first-order chi connectivity index (χ1) is 13.1. The van der Waals surface area contributed by atoms with Gasteiger partial charge in [0, 0.05) is 18.8 Å². The fraction of sp³-hybridized carbons (Fsp3) is 0.429. The van der Waals surface area contributed by atoms with Crippen molar-refractivity contribution >= 4 is 5.91 Å². The van der Waals surface area contributed by atoms with Crippen LogP contribution in [0.5, 0.6) is 5.75 Å². The highest BCUT2D eigenvalue weighted by atomic mass is 16.5. The molecule has 1 aromatic heterocycles. The SMILES string of the molecule is CC(C)CC1CC(C(=O)NCc2cccc(OCc3ccccn3)c2)NN1. The largest absolute Gasteiger partial charge is 0.487 e. The van der Waals surface area contributed by atoms with Crippen LogP contribution in [0.1, 0.15) is 37.9 Å². The van der Waals surface area contributed by atoms with Crippen LogP contribution < -0.4 is 20.9 Å². The van der Waals surface area contributed by atoms with Crippen LogP contribution in [-0.2, 0) is 17.9 Å². The first-order valence-electron chi connectivity index (χ1n) is 9.50.